The van der Waals surface area contributed by atoms with E-state index in [1.54, 1.807) is 43.3 Å². The summed E-state index contributed by atoms with van der Waals surface area (Å²) in [5.41, 5.74) is 2.73. The molecule has 0 aliphatic heterocycles. The van der Waals surface area contributed by atoms with E-state index in [1.807, 2.05) is 6.92 Å². The van der Waals surface area contributed by atoms with Gasteiger partial charge in [-0.1, -0.05) is 17.7 Å². The van der Waals surface area contributed by atoms with Crippen LogP contribution < -0.4 is 5.32 Å². The van der Waals surface area contributed by atoms with E-state index in [-0.39, 0.29) is 5.69 Å². The highest BCUT2D eigenvalue weighted by molar-refractivity contribution is 6.31. The van der Waals surface area contributed by atoms with Crippen LogP contribution in [0.25, 0.3) is 10.9 Å². The molecule has 1 amide bonds. The summed E-state index contributed by atoms with van der Waals surface area (Å²) < 4.78 is 13.8. The van der Waals surface area contributed by atoms with Crippen molar-refractivity contribution >= 4 is 34.1 Å². The van der Waals surface area contributed by atoms with E-state index in [0.717, 1.165) is 16.5 Å². The first-order chi connectivity index (χ1) is 10.9. The number of hydrogen-bond acceptors (Lipinski definition) is 2. The van der Waals surface area contributed by atoms with Crippen molar-refractivity contribution in [1.29, 1.82) is 0 Å². The summed E-state index contributed by atoms with van der Waals surface area (Å²) in [5, 5.41) is 3.93. The first-order valence-corrected chi connectivity index (χ1v) is 7.46. The molecular weight excluding hydrogens is 315 g/mol. The molecule has 0 atom stereocenters. The zero-order valence-electron chi connectivity index (χ0n) is 12.7. The number of aryl methyl sites for hydroxylation is 2. The summed E-state index contributed by atoms with van der Waals surface area (Å²) in [7, 11) is 0. The Hall–Kier alpha value is -2.46. The third-order valence-corrected chi connectivity index (χ3v) is 3.82. The van der Waals surface area contributed by atoms with Gasteiger partial charge in [0, 0.05) is 10.4 Å². The molecule has 1 heterocycles. The normalized spacial score (nSPS) is 10.8. The third-order valence-electron chi connectivity index (χ3n) is 3.58. The Kier molecular flexibility index (Phi) is 4.01. The van der Waals surface area contributed by atoms with Gasteiger partial charge in [-0.2, -0.15) is 0 Å². The number of anilines is 1. The smallest absolute Gasteiger partial charge is 0.257 e. The van der Waals surface area contributed by atoms with Crippen LogP contribution in [0, 0.1) is 19.7 Å². The van der Waals surface area contributed by atoms with Crippen molar-refractivity contribution in [2.75, 3.05) is 5.32 Å². The molecule has 0 saturated heterocycles. The van der Waals surface area contributed by atoms with Crippen molar-refractivity contribution < 1.29 is 9.18 Å². The molecule has 0 unspecified atom stereocenters. The van der Waals surface area contributed by atoms with E-state index >= 15 is 0 Å². The van der Waals surface area contributed by atoms with Crippen molar-refractivity contribution in [1.82, 2.24) is 4.98 Å². The highest BCUT2D eigenvalue weighted by Crippen LogP contribution is 2.22. The highest BCUT2D eigenvalue weighted by atomic mass is 35.5. The van der Waals surface area contributed by atoms with Crippen molar-refractivity contribution in [3.8, 4) is 0 Å². The summed E-state index contributed by atoms with van der Waals surface area (Å²) in [6, 6.07) is 11.6. The minimum Gasteiger partial charge on any atom is -0.319 e. The van der Waals surface area contributed by atoms with Gasteiger partial charge in [0.15, 0.2) is 0 Å². The lowest BCUT2D eigenvalue weighted by Crippen LogP contribution is -2.15. The van der Waals surface area contributed by atoms with Crippen LogP contribution in [-0.4, -0.2) is 10.9 Å². The lowest BCUT2D eigenvalue weighted by Gasteiger charge is -2.10. The summed E-state index contributed by atoms with van der Waals surface area (Å²) in [6.45, 7) is 3.58. The zero-order chi connectivity index (χ0) is 16.6. The van der Waals surface area contributed by atoms with Gasteiger partial charge in [-0.15, -0.1) is 0 Å². The SMILES string of the molecule is Cc1ccc(F)c(NC(=O)c2cc3cc(Cl)ccc3nc2C)c1. The van der Waals surface area contributed by atoms with Crippen LogP contribution in [-0.2, 0) is 0 Å². The number of amides is 1. The Morgan fingerprint density at radius 1 is 1.13 bits per heavy atom. The predicted molar refractivity (Wildman–Crippen MR) is 90.6 cm³/mol. The molecule has 1 N–H and O–H groups in total. The molecule has 0 bridgehead atoms. The number of halogens is 2. The molecule has 2 aromatic carbocycles. The number of pyridine rings is 1. The second kappa shape index (κ2) is 5.97. The second-order valence-corrected chi connectivity index (χ2v) is 5.83. The number of nitrogens with zero attached hydrogens (tertiary/aromatic N) is 1. The maximum Gasteiger partial charge on any atom is 0.257 e. The quantitative estimate of drug-likeness (QED) is 0.727. The van der Waals surface area contributed by atoms with E-state index in [0.29, 0.717) is 16.3 Å². The molecule has 0 radical (unpaired) electrons. The molecule has 1 aromatic heterocycles. The molecule has 3 aromatic rings. The van der Waals surface area contributed by atoms with Crippen molar-refractivity contribution in [2.45, 2.75) is 13.8 Å². The number of carbonyl (C=O) groups excluding carboxylic acids is 1. The molecule has 5 heteroatoms. The fourth-order valence-corrected chi connectivity index (χ4v) is 2.58. The number of nitrogens with one attached hydrogen (secondary N) is 1. The molecule has 0 saturated carbocycles. The van der Waals surface area contributed by atoms with Crippen LogP contribution >= 0.6 is 11.6 Å². The van der Waals surface area contributed by atoms with Gasteiger partial charge in [0.05, 0.1) is 22.5 Å². The molecule has 0 aliphatic carbocycles. The van der Waals surface area contributed by atoms with E-state index in [9.17, 15) is 9.18 Å². The first-order valence-electron chi connectivity index (χ1n) is 7.08. The number of fused-ring (bicyclic) bond motifs is 1. The van der Waals surface area contributed by atoms with Gasteiger partial charge in [0.2, 0.25) is 0 Å². The summed E-state index contributed by atoms with van der Waals surface area (Å²) in [4.78, 5) is 16.9. The third kappa shape index (κ3) is 3.17. The van der Waals surface area contributed by atoms with E-state index in [4.69, 9.17) is 11.6 Å². The van der Waals surface area contributed by atoms with Gasteiger partial charge in [-0.05, 0) is 55.8 Å². The Bertz CT molecular complexity index is 924. The van der Waals surface area contributed by atoms with Gasteiger partial charge < -0.3 is 5.32 Å². The molecule has 0 aliphatic rings. The minimum atomic E-state index is -0.474. The van der Waals surface area contributed by atoms with Crippen LogP contribution in [0.3, 0.4) is 0 Å². The number of aromatic nitrogens is 1. The molecule has 0 fully saturated rings. The van der Waals surface area contributed by atoms with Gasteiger partial charge in [-0.25, -0.2) is 4.39 Å². The average molecular weight is 329 g/mol. The number of carbonyl (C=O) groups is 1. The van der Waals surface area contributed by atoms with Gasteiger partial charge in [-0.3, -0.25) is 9.78 Å². The molecule has 23 heavy (non-hydrogen) atoms. The topological polar surface area (TPSA) is 42.0 Å². The maximum atomic E-state index is 13.8. The standard InChI is InChI=1S/C18H14ClFN2O/c1-10-3-5-15(20)17(7-10)22-18(23)14-9-12-8-13(19)4-6-16(12)21-11(14)2/h3-9H,1-2H3,(H,22,23). The number of hydrogen-bond donors (Lipinski definition) is 1. The second-order valence-electron chi connectivity index (χ2n) is 5.40. The largest absolute Gasteiger partial charge is 0.319 e. The molecule has 116 valence electrons. The lowest BCUT2D eigenvalue weighted by molar-refractivity contribution is 0.102. The molecule has 3 rings (SSSR count). The van der Waals surface area contributed by atoms with Crippen LogP contribution in [0.5, 0.6) is 0 Å². The van der Waals surface area contributed by atoms with Gasteiger partial charge >= 0.3 is 0 Å². The first kappa shape index (κ1) is 15.4. The van der Waals surface area contributed by atoms with Crippen LogP contribution in [0.1, 0.15) is 21.6 Å². The van der Waals surface area contributed by atoms with Crippen molar-refractivity contribution in [3.05, 3.63) is 70.1 Å². The Morgan fingerprint density at radius 2 is 1.91 bits per heavy atom. The molecule has 0 spiro atoms. The summed E-state index contributed by atoms with van der Waals surface area (Å²) in [6.07, 6.45) is 0. The molecular formula is C18H14ClFN2O. The van der Waals surface area contributed by atoms with E-state index in [1.165, 1.54) is 6.07 Å². The van der Waals surface area contributed by atoms with Crippen LogP contribution in [0.4, 0.5) is 10.1 Å². The lowest BCUT2D eigenvalue weighted by atomic mass is 10.1. The summed E-state index contributed by atoms with van der Waals surface area (Å²) in [5.74, 6) is -0.875. The Balaban J connectivity index is 2.00. The van der Waals surface area contributed by atoms with E-state index < -0.39 is 11.7 Å². The van der Waals surface area contributed by atoms with Crippen LogP contribution in [0.15, 0.2) is 42.5 Å². The van der Waals surface area contributed by atoms with Gasteiger partial charge in [0.25, 0.3) is 5.91 Å². The number of benzene rings is 2. The fourth-order valence-electron chi connectivity index (χ4n) is 2.40. The highest BCUT2D eigenvalue weighted by Gasteiger charge is 2.14. The van der Waals surface area contributed by atoms with Crippen molar-refractivity contribution in [2.24, 2.45) is 0 Å². The minimum absolute atomic E-state index is 0.153. The monoisotopic (exact) mass is 328 g/mol. The average Bonchev–Trinajstić information content (AvgIpc) is 2.50. The number of rotatable bonds is 2. The Morgan fingerprint density at radius 3 is 2.70 bits per heavy atom. The fraction of sp³-hybridized carbons (Fsp3) is 0.111. The summed E-state index contributed by atoms with van der Waals surface area (Å²) >= 11 is 5.98. The van der Waals surface area contributed by atoms with Gasteiger partial charge in [0.1, 0.15) is 5.82 Å². The van der Waals surface area contributed by atoms with Crippen molar-refractivity contribution in [3.63, 3.8) is 0 Å². The van der Waals surface area contributed by atoms with E-state index in [2.05, 4.69) is 10.3 Å². The Labute approximate surface area is 138 Å². The predicted octanol–water partition coefficient (Wildman–Crippen LogP) is 4.90. The molecule has 3 nitrogen and oxygen atoms in total. The zero-order valence-corrected chi connectivity index (χ0v) is 13.4. The maximum absolute atomic E-state index is 13.8. The van der Waals surface area contributed by atoms with Crippen LogP contribution in [0.2, 0.25) is 5.02 Å².